The summed E-state index contributed by atoms with van der Waals surface area (Å²) in [5, 5.41) is 0.576. The van der Waals surface area contributed by atoms with Crippen molar-refractivity contribution in [1.29, 1.82) is 0 Å². The number of ether oxygens (including phenoxy) is 2. The van der Waals surface area contributed by atoms with Gasteiger partial charge in [0.1, 0.15) is 13.2 Å². The van der Waals surface area contributed by atoms with Crippen molar-refractivity contribution in [1.82, 2.24) is 4.90 Å². The molecule has 0 spiro atoms. The van der Waals surface area contributed by atoms with Crippen molar-refractivity contribution in [2.24, 2.45) is 0 Å². The lowest BCUT2D eigenvalue weighted by Crippen LogP contribution is -2.52. The molecule has 1 aliphatic rings. The van der Waals surface area contributed by atoms with Crippen LogP contribution in [-0.2, 0) is 14.3 Å². The molecule has 1 fully saturated rings. The Kier molecular flexibility index (Phi) is 5.87. The molecule has 106 valence electrons. The van der Waals surface area contributed by atoms with Gasteiger partial charge in [-0.2, -0.15) is 13.2 Å². The summed E-state index contributed by atoms with van der Waals surface area (Å²) in [5.41, 5.74) is 0. The van der Waals surface area contributed by atoms with E-state index in [0.29, 0.717) is 18.5 Å². The van der Waals surface area contributed by atoms with Crippen molar-refractivity contribution in [2.75, 3.05) is 31.7 Å². The van der Waals surface area contributed by atoms with Gasteiger partial charge in [0.2, 0.25) is 5.91 Å². The van der Waals surface area contributed by atoms with E-state index in [-0.39, 0.29) is 12.1 Å². The maximum Gasteiger partial charge on any atom is 0.411 e. The summed E-state index contributed by atoms with van der Waals surface area (Å²) >= 11 is 3.24. The van der Waals surface area contributed by atoms with E-state index in [9.17, 15) is 18.0 Å². The normalized spacial score (nSPS) is 25.3. The van der Waals surface area contributed by atoms with Gasteiger partial charge in [-0.05, 0) is 6.92 Å². The van der Waals surface area contributed by atoms with E-state index in [1.165, 1.54) is 4.90 Å². The van der Waals surface area contributed by atoms with Crippen LogP contribution in [0, 0.1) is 0 Å². The molecule has 2 atom stereocenters. The van der Waals surface area contributed by atoms with Gasteiger partial charge in [0, 0.05) is 11.9 Å². The molecule has 1 saturated heterocycles. The molecular weight excluding hydrogens is 319 g/mol. The monoisotopic (exact) mass is 333 g/mol. The predicted octanol–water partition coefficient (Wildman–Crippen LogP) is 1.58. The molecule has 8 heteroatoms. The first-order valence-electron chi connectivity index (χ1n) is 5.45. The fourth-order valence-electron chi connectivity index (χ4n) is 1.60. The van der Waals surface area contributed by atoms with Gasteiger partial charge in [-0.3, -0.25) is 4.79 Å². The highest BCUT2D eigenvalue weighted by molar-refractivity contribution is 9.09. The Labute approximate surface area is 112 Å². The molecule has 0 radical (unpaired) electrons. The molecule has 0 aromatic heterocycles. The number of hydrogen-bond acceptors (Lipinski definition) is 3. The second-order valence-electron chi connectivity index (χ2n) is 4.11. The fourth-order valence-corrected chi connectivity index (χ4v) is 1.99. The Morgan fingerprint density at radius 3 is 2.78 bits per heavy atom. The quantitative estimate of drug-likeness (QED) is 0.733. The number of carbonyl (C=O) groups excluding carboxylic acids is 1. The third-order valence-corrected chi connectivity index (χ3v) is 3.21. The molecule has 4 nitrogen and oxygen atoms in total. The average Bonchev–Trinajstić information content (AvgIpc) is 2.27. The number of alkyl halides is 4. The van der Waals surface area contributed by atoms with Crippen LogP contribution in [-0.4, -0.2) is 60.8 Å². The van der Waals surface area contributed by atoms with E-state index in [4.69, 9.17) is 4.74 Å². The van der Waals surface area contributed by atoms with E-state index in [2.05, 4.69) is 20.7 Å². The van der Waals surface area contributed by atoms with Gasteiger partial charge in [-0.15, -0.1) is 0 Å². The molecule has 0 bridgehead atoms. The topological polar surface area (TPSA) is 38.8 Å². The molecule has 18 heavy (non-hydrogen) atoms. The lowest BCUT2D eigenvalue weighted by atomic mass is 10.2. The Bertz CT molecular complexity index is 288. The molecule has 0 aliphatic carbocycles. The first kappa shape index (κ1) is 15.7. The van der Waals surface area contributed by atoms with Crippen LogP contribution in [0.1, 0.15) is 6.92 Å². The van der Waals surface area contributed by atoms with Gasteiger partial charge in [0.15, 0.2) is 0 Å². The maximum absolute atomic E-state index is 11.9. The zero-order chi connectivity index (χ0) is 13.8. The summed E-state index contributed by atoms with van der Waals surface area (Å²) in [4.78, 5) is 13.2. The number of carbonyl (C=O) groups is 1. The van der Waals surface area contributed by atoms with Gasteiger partial charge in [0.05, 0.1) is 18.8 Å². The molecule has 2 unspecified atom stereocenters. The third kappa shape index (κ3) is 5.11. The number of rotatable bonds is 4. The number of hydrogen-bond donors (Lipinski definition) is 0. The highest BCUT2D eigenvalue weighted by atomic mass is 79.9. The summed E-state index contributed by atoms with van der Waals surface area (Å²) in [6.45, 7) is 0.562. The van der Waals surface area contributed by atoms with Crippen LogP contribution in [0.25, 0.3) is 0 Å². The van der Waals surface area contributed by atoms with Crippen LogP contribution in [0.15, 0.2) is 0 Å². The molecule has 0 saturated carbocycles. The van der Waals surface area contributed by atoms with E-state index in [1.54, 1.807) is 6.92 Å². The molecule has 0 aromatic rings. The van der Waals surface area contributed by atoms with Crippen LogP contribution in [0.5, 0.6) is 0 Å². The van der Waals surface area contributed by atoms with Gasteiger partial charge in [0.25, 0.3) is 0 Å². The number of amides is 1. The Balaban J connectivity index is 2.39. The smallest absolute Gasteiger partial charge is 0.373 e. The SMILES string of the molecule is CC1COC(CBr)CN1C(=O)COCC(F)(F)F. The van der Waals surface area contributed by atoms with Crippen LogP contribution < -0.4 is 0 Å². The number of morpholine rings is 1. The van der Waals surface area contributed by atoms with Crippen LogP contribution in [0.4, 0.5) is 13.2 Å². The summed E-state index contributed by atoms with van der Waals surface area (Å²) in [7, 11) is 0. The van der Waals surface area contributed by atoms with Crippen LogP contribution in [0.2, 0.25) is 0 Å². The molecular formula is C10H15BrF3NO3. The molecule has 0 N–H and O–H groups in total. The number of nitrogens with zero attached hydrogens (tertiary/aromatic N) is 1. The second-order valence-corrected chi connectivity index (χ2v) is 4.76. The Hall–Kier alpha value is -0.340. The maximum atomic E-state index is 11.9. The number of halogens is 4. The van der Waals surface area contributed by atoms with E-state index >= 15 is 0 Å². The predicted molar refractivity (Wildman–Crippen MR) is 61.6 cm³/mol. The minimum atomic E-state index is -4.41. The summed E-state index contributed by atoms with van der Waals surface area (Å²) in [6.07, 6.45) is -4.54. The fraction of sp³-hybridized carbons (Fsp3) is 0.900. The lowest BCUT2D eigenvalue weighted by Gasteiger charge is -2.37. The summed E-state index contributed by atoms with van der Waals surface area (Å²) in [6, 6.07) is -0.151. The summed E-state index contributed by atoms with van der Waals surface area (Å²) in [5.74, 6) is -0.444. The van der Waals surface area contributed by atoms with Gasteiger partial charge < -0.3 is 14.4 Å². The van der Waals surface area contributed by atoms with Gasteiger partial charge in [-0.25, -0.2) is 0 Å². The van der Waals surface area contributed by atoms with Crippen molar-refractivity contribution in [2.45, 2.75) is 25.2 Å². The molecule has 1 rings (SSSR count). The van der Waals surface area contributed by atoms with Crippen molar-refractivity contribution >= 4 is 21.8 Å². The van der Waals surface area contributed by atoms with Crippen molar-refractivity contribution in [3.8, 4) is 0 Å². The highest BCUT2D eigenvalue weighted by Crippen LogP contribution is 2.16. The first-order chi connectivity index (χ1) is 8.33. The van der Waals surface area contributed by atoms with Crippen molar-refractivity contribution in [3.05, 3.63) is 0 Å². The van der Waals surface area contributed by atoms with E-state index < -0.39 is 25.3 Å². The molecule has 0 aromatic carbocycles. The Morgan fingerprint density at radius 2 is 2.22 bits per heavy atom. The van der Waals surface area contributed by atoms with Gasteiger partial charge >= 0.3 is 6.18 Å². The third-order valence-electron chi connectivity index (χ3n) is 2.49. The second kappa shape index (κ2) is 6.72. The Morgan fingerprint density at radius 1 is 1.56 bits per heavy atom. The first-order valence-corrected chi connectivity index (χ1v) is 6.57. The largest absolute Gasteiger partial charge is 0.411 e. The van der Waals surface area contributed by atoms with E-state index in [0.717, 1.165) is 0 Å². The van der Waals surface area contributed by atoms with Crippen LogP contribution in [0.3, 0.4) is 0 Å². The van der Waals surface area contributed by atoms with Crippen molar-refractivity contribution < 1.29 is 27.4 Å². The standard InChI is InChI=1S/C10H15BrF3NO3/c1-7-4-18-8(2-11)3-15(7)9(16)5-17-6-10(12,13)14/h7-8H,2-6H2,1H3. The zero-order valence-corrected chi connectivity index (χ0v) is 11.5. The molecule has 1 heterocycles. The summed E-state index contributed by atoms with van der Waals surface area (Å²) < 4.78 is 45.4. The minimum absolute atomic E-state index is 0.132. The molecule has 1 amide bonds. The molecule has 1 aliphatic heterocycles. The van der Waals surface area contributed by atoms with Gasteiger partial charge in [-0.1, -0.05) is 15.9 Å². The lowest BCUT2D eigenvalue weighted by molar-refractivity contribution is -0.180. The average molecular weight is 334 g/mol. The highest BCUT2D eigenvalue weighted by Gasteiger charge is 2.31. The zero-order valence-electron chi connectivity index (χ0n) is 9.87. The van der Waals surface area contributed by atoms with Crippen LogP contribution >= 0.6 is 15.9 Å². The van der Waals surface area contributed by atoms with Crippen molar-refractivity contribution in [3.63, 3.8) is 0 Å². The van der Waals surface area contributed by atoms with E-state index in [1.807, 2.05) is 0 Å². The minimum Gasteiger partial charge on any atom is -0.373 e.